The van der Waals surface area contributed by atoms with Crippen molar-refractivity contribution in [3.8, 4) is 11.5 Å². The molecule has 5 rings (SSSR count). The van der Waals surface area contributed by atoms with E-state index < -0.39 is 11.1 Å². The van der Waals surface area contributed by atoms with Crippen molar-refractivity contribution in [2.45, 2.75) is 6.17 Å². The molecule has 31 heavy (non-hydrogen) atoms. The molecule has 1 atom stereocenters. The van der Waals surface area contributed by atoms with Gasteiger partial charge in [-0.25, -0.2) is 0 Å². The van der Waals surface area contributed by atoms with Crippen LogP contribution in [0.15, 0.2) is 72.8 Å². The minimum Gasteiger partial charge on any atom is -0.454 e. The fraction of sp³-hybridized carbons (Fsp3) is 0.0870. The second kappa shape index (κ2) is 7.49. The Kier molecular flexibility index (Phi) is 4.51. The standard InChI is InChI=1S/C23H17N3O5/c27-23-17-6-2-3-7-18(17)24-22(12-9-15-5-1-4-8-19(15)26(28)29)25(23)16-10-11-20-21(13-16)31-14-30-20/h1-13,22,24H,14H2/b12-9+/t22-/m0/s1. The van der Waals surface area contributed by atoms with Gasteiger partial charge in [0.2, 0.25) is 6.79 Å². The normalized spacial score (nSPS) is 16.8. The van der Waals surface area contributed by atoms with Gasteiger partial charge in [-0.05, 0) is 42.5 Å². The van der Waals surface area contributed by atoms with E-state index in [2.05, 4.69) is 5.32 Å². The first-order valence-electron chi connectivity index (χ1n) is 9.62. The maximum absolute atomic E-state index is 13.4. The molecule has 0 unspecified atom stereocenters. The molecular formula is C23H17N3O5. The van der Waals surface area contributed by atoms with Crippen LogP contribution in [-0.4, -0.2) is 23.8 Å². The third kappa shape index (κ3) is 3.33. The quantitative estimate of drug-likeness (QED) is 0.500. The number of anilines is 2. The summed E-state index contributed by atoms with van der Waals surface area (Å²) >= 11 is 0. The molecule has 0 spiro atoms. The Morgan fingerprint density at radius 3 is 2.68 bits per heavy atom. The first-order chi connectivity index (χ1) is 15.1. The van der Waals surface area contributed by atoms with Crippen LogP contribution in [0.1, 0.15) is 15.9 Å². The van der Waals surface area contributed by atoms with Gasteiger partial charge < -0.3 is 14.8 Å². The summed E-state index contributed by atoms with van der Waals surface area (Å²) in [5.74, 6) is 0.990. The molecule has 0 radical (unpaired) electrons. The lowest BCUT2D eigenvalue weighted by atomic mass is 10.1. The average Bonchev–Trinajstić information content (AvgIpc) is 3.26. The van der Waals surface area contributed by atoms with Gasteiger partial charge in [-0.2, -0.15) is 0 Å². The number of benzene rings is 3. The summed E-state index contributed by atoms with van der Waals surface area (Å²) in [6.07, 6.45) is 2.82. The summed E-state index contributed by atoms with van der Waals surface area (Å²) in [7, 11) is 0. The van der Waals surface area contributed by atoms with E-state index in [1.807, 2.05) is 12.1 Å². The Hall–Kier alpha value is -4.33. The van der Waals surface area contributed by atoms with Crippen molar-refractivity contribution in [3.05, 3.63) is 94.0 Å². The van der Waals surface area contributed by atoms with Gasteiger partial charge in [-0.3, -0.25) is 19.8 Å². The number of amides is 1. The number of ether oxygens (including phenoxy) is 2. The molecule has 2 aliphatic heterocycles. The SMILES string of the molecule is O=C1c2ccccc2N[C@H](/C=C/c2ccccc2[N+](=O)[O-])N1c1ccc2c(c1)OCO2. The highest BCUT2D eigenvalue weighted by molar-refractivity contribution is 6.12. The van der Waals surface area contributed by atoms with E-state index in [0.717, 1.165) is 0 Å². The lowest BCUT2D eigenvalue weighted by Gasteiger charge is -2.36. The molecule has 154 valence electrons. The number of rotatable bonds is 4. The molecule has 3 aromatic rings. The van der Waals surface area contributed by atoms with Crippen LogP contribution < -0.4 is 19.7 Å². The van der Waals surface area contributed by atoms with Gasteiger partial charge >= 0.3 is 0 Å². The van der Waals surface area contributed by atoms with Crippen LogP contribution in [0.25, 0.3) is 6.08 Å². The lowest BCUT2D eigenvalue weighted by Crippen LogP contribution is -2.48. The van der Waals surface area contributed by atoms with E-state index in [9.17, 15) is 14.9 Å². The largest absolute Gasteiger partial charge is 0.454 e. The number of hydrogen-bond acceptors (Lipinski definition) is 6. The second-order valence-electron chi connectivity index (χ2n) is 7.02. The van der Waals surface area contributed by atoms with Crippen molar-refractivity contribution in [2.75, 3.05) is 17.0 Å². The highest BCUT2D eigenvalue weighted by Gasteiger charge is 2.32. The summed E-state index contributed by atoms with van der Waals surface area (Å²) < 4.78 is 10.8. The van der Waals surface area contributed by atoms with Gasteiger partial charge in [0.05, 0.1) is 21.7 Å². The highest BCUT2D eigenvalue weighted by atomic mass is 16.7. The summed E-state index contributed by atoms with van der Waals surface area (Å²) in [4.78, 5) is 25.9. The molecule has 2 heterocycles. The molecule has 1 N–H and O–H groups in total. The number of hydrogen-bond donors (Lipinski definition) is 1. The molecule has 0 saturated carbocycles. The van der Waals surface area contributed by atoms with Gasteiger partial charge in [0, 0.05) is 17.8 Å². The highest BCUT2D eigenvalue weighted by Crippen LogP contribution is 2.38. The predicted octanol–water partition coefficient (Wildman–Crippen LogP) is 4.44. The van der Waals surface area contributed by atoms with Crippen LogP contribution in [0, 0.1) is 10.1 Å². The zero-order valence-electron chi connectivity index (χ0n) is 16.2. The van der Waals surface area contributed by atoms with Crippen molar-refractivity contribution >= 4 is 29.0 Å². The summed E-state index contributed by atoms with van der Waals surface area (Å²) in [5, 5.41) is 14.7. The molecule has 0 aliphatic carbocycles. The van der Waals surface area contributed by atoms with Gasteiger partial charge in [0.1, 0.15) is 6.17 Å². The van der Waals surface area contributed by atoms with Crippen LogP contribution in [0.5, 0.6) is 11.5 Å². The van der Waals surface area contributed by atoms with Crippen molar-refractivity contribution in [1.29, 1.82) is 0 Å². The Morgan fingerprint density at radius 1 is 1.03 bits per heavy atom. The fourth-order valence-corrected chi connectivity index (χ4v) is 3.71. The van der Waals surface area contributed by atoms with Crippen LogP contribution in [-0.2, 0) is 0 Å². The Balaban J connectivity index is 1.57. The van der Waals surface area contributed by atoms with Crippen molar-refractivity contribution in [3.63, 3.8) is 0 Å². The Bertz CT molecular complexity index is 1220. The zero-order chi connectivity index (χ0) is 21.4. The van der Waals surface area contributed by atoms with Crippen LogP contribution in [0.2, 0.25) is 0 Å². The Labute approximate surface area is 177 Å². The molecular weight excluding hydrogens is 398 g/mol. The van der Waals surface area contributed by atoms with E-state index >= 15 is 0 Å². The molecule has 8 nitrogen and oxygen atoms in total. The maximum atomic E-state index is 13.4. The van der Waals surface area contributed by atoms with E-state index in [1.165, 1.54) is 6.07 Å². The monoisotopic (exact) mass is 415 g/mol. The van der Waals surface area contributed by atoms with Crippen molar-refractivity contribution in [2.24, 2.45) is 0 Å². The molecule has 0 fully saturated rings. The third-order valence-electron chi connectivity index (χ3n) is 5.18. The zero-order valence-corrected chi connectivity index (χ0v) is 16.2. The van der Waals surface area contributed by atoms with E-state index in [1.54, 1.807) is 65.6 Å². The maximum Gasteiger partial charge on any atom is 0.276 e. The molecule has 8 heteroatoms. The lowest BCUT2D eigenvalue weighted by molar-refractivity contribution is -0.385. The molecule has 2 aliphatic rings. The number of carbonyl (C=O) groups is 1. The number of para-hydroxylation sites is 2. The Morgan fingerprint density at radius 2 is 1.81 bits per heavy atom. The van der Waals surface area contributed by atoms with E-state index in [0.29, 0.717) is 34.0 Å². The average molecular weight is 415 g/mol. The third-order valence-corrected chi connectivity index (χ3v) is 5.18. The number of carbonyl (C=O) groups excluding carboxylic acids is 1. The van der Waals surface area contributed by atoms with Gasteiger partial charge in [-0.1, -0.05) is 24.3 Å². The van der Waals surface area contributed by atoms with Crippen LogP contribution in [0.3, 0.4) is 0 Å². The van der Waals surface area contributed by atoms with Gasteiger partial charge in [0.25, 0.3) is 11.6 Å². The summed E-state index contributed by atoms with van der Waals surface area (Å²) in [6, 6.07) is 19.0. The van der Waals surface area contributed by atoms with Crippen molar-refractivity contribution < 1.29 is 19.2 Å². The van der Waals surface area contributed by atoms with E-state index in [4.69, 9.17) is 9.47 Å². The molecule has 3 aromatic carbocycles. The van der Waals surface area contributed by atoms with Gasteiger partial charge in [-0.15, -0.1) is 0 Å². The van der Waals surface area contributed by atoms with Gasteiger partial charge in [0.15, 0.2) is 11.5 Å². The minimum absolute atomic E-state index is 0.00378. The first kappa shape index (κ1) is 18.7. The number of nitrogens with one attached hydrogen (secondary N) is 1. The number of nitro groups is 1. The number of fused-ring (bicyclic) bond motifs is 2. The fourth-order valence-electron chi connectivity index (χ4n) is 3.71. The smallest absolute Gasteiger partial charge is 0.276 e. The van der Waals surface area contributed by atoms with Crippen molar-refractivity contribution in [1.82, 2.24) is 0 Å². The number of nitro benzene ring substituents is 1. The topological polar surface area (TPSA) is 93.9 Å². The second-order valence-corrected chi connectivity index (χ2v) is 7.02. The molecule has 0 saturated heterocycles. The van der Waals surface area contributed by atoms with Crippen LogP contribution >= 0.6 is 0 Å². The summed E-state index contributed by atoms with van der Waals surface area (Å²) in [6.45, 7) is 0.134. The predicted molar refractivity (Wildman–Crippen MR) is 115 cm³/mol. The first-order valence-corrected chi connectivity index (χ1v) is 9.62. The molecule has 0 bridgehead atoms. The van der Waals surface area contributed by atoms with Crippen LogP contribution in [0.4, 0.5) is 17.1 Å². The summed E-state index contributed by atoms with van der Waals surface area (Å²) in [5.41, 5.74) is 2.30. The minimum atomic E-state index is -0.567. The number of nitrogens with zero attached hydrogens (tertiary/aromatic N) is 2. The molecule has 0 aromatic heterocycles. The molecule has 1 amide bonds. The van der Waals surface area contributed by atoms with E-state index in [-0.39, 0.29) is 18.4 Å².